The molecule has 1 aromatic heterocycles. The Hall–Kier alpha value is -1.37. The minimum atomic E-state index is -0.320. The number of hydrogen-bond acceptors (Lipinski definition) is 5. The summed E-state index contributed by atoms with van der Waals surface area (Å²) in [5, 5.41) is 0. The lowest BCUT2D eigenvalue weighted by Gasteiger charge is -2.25. The summed E-state index contributed by atoms with van der Waals surface area (Å²) >= 11 is 0. The molecule has 2 rings (SSSR count). The molecular formula is C11H17N3O3. The fraction of sp³-hybridized carbons (Fsp3) is 0.545. The van der Waals surface area contributed by atoms with Crippen molar-refractivity contribution in [3.8, 4) is 0 Å². The number of furan rings is 1. The van der Waals surface area contributed by atoms with Gasteiger partial charge in [0.2, 0.25) is 0 Å². The van der Waals surface area contributed by atoms with E-state index < -0.39 is 0 Å². The van der Waals surface area contributed by atoms with Gasteiger partial charge in [0.05, 0.1) is 25.3 Å². The van der Waals surface area contributed by atoms with Gasteiger partial charge in [-0.3, -0.25) is 15.1 Å². The summed E-state index contributed by atoms with van der Waals surface area (Å²) in [5.74, 6) is 6.15. The smallest absolute Gasteiger partial charge is 0.268 e. The van der Waals surface area contributed by atoms with Gasteiger partial charge in [-0.25, -0.2) is 5.84 Å². The summed E-state index contributed by atoms with van der Waals surface area (Å²) in [4.78, 5) is 13.6. The van der Waals surface area contributed by atoms with Crippen LogP contribution in [-0.2, 0) is 11.3 Å². The Kier molecular flexibility index (Phi) is 3.78. The van der Waals surface area contributed by atoms with Crippen LogP contribution in [0, 0.1) is 6.92 Å². The molecule has 17 heavy (non-hydrogen) atoms. The number of carbonyl (C=O) groups is 1. The van der Waals surface area contributed by atoms with Crippen LogP contribution in [-0.4, -0.2) is 37.1 Å². The standard InChI is InChI=1S/C11H17N3O3/c1-8-10(11(15)13-12)6-9(17-8)7-14-2-4-16-5-3-14/h6H,2-5,7,12H2,1H3,(H,13,15). The summed E-state index contributed by atoms with van der Waals surface area (Å²) in [6, 6.07) is 1.74. The van der Waals surface area contributed by atoms with Gasteiger partial charge in [-0.05, 0) is 13.0 Å². The molecule has 0 radical (unpaired) electrons. The highest BCUT2D eigenvalue weighted by molar-refractivity contribution is 5.94. The lowest BCUT2D eigenvalue weighted by molar-refractivity contribution is 0.0312. The molecule has 0 spiro atoms. The van der Waals surface area contributed by atoms with E-state index in [0.717, 1.165) is 32.1 Å². The van der Waals surface area contributed by atoms with Crippen LogP contribution in [0.1, 0.15) is 21.9 Å². The van der Waals surface area contributed by atoms with Gasteiger partial charge in [-0.15, -0.1) is 0 Å². The van der Waals surface area contributed by atoms with Crippen molar-refractivity contribution >= 4 is 5.91 Å². The Bertz CT molecular complexity index is 397. The van der Waals surface area contributed by atoms with Crippen molar-refractivity contribution in [3.63, 3.8) is 0 Å². The topological polar surface area (TPSA) is 80.7 Å². The zero-order valence-electron chi connectivity index (χ0n) is 9.86. The number of rotatable bonds is 3. The monoisotopic (exact) mass is 239 g/mol. The minimum absolute atomic E-state index is 0.320. The lowest BCUT2D eigenvalue weighted by Crippen LogP contribution is -2.35. The number of nitrogen functional groups attached to an aromatic ring is 1. The fourth-order valence-corrected chi connectivity index (χ4v) is 1.90. The van der Waals surface area contributed by atoms with Gasteiger partial charge < -0.3 is 9.15 Å². The number of ether oxygens (including phenoxy) is 1. The van der Waals surface area contributed by atoms with Crippen molar-refractivity contribution in [1.82, 2.24) is 10.3 Å². The second-order valence-corrected chi connectivity index (χ2v) is 4.04. The number of aryl methyl sites for hydroxylation is 1. The summed E-state index contributed by atoms with van der Waals surface area (Å²) in [5.41, 5.74) is 2.60. The Morgan fingerprint density at radius 1 is 1.53 bits per heavy atom. The van der Waals surface area contributed by atoms with E-state index in [1.807, 2.05) is 0 Å². The van der Waals surface area contributed by atoms with Crippen LogP contribution >= 0.6 is 0 Å². The van der Waals surface area contributed by atoms with E-state index in [4.69, 9.17) is 15.0 Å². The predicted octanol–water partition coefficient (Wildman–Crippen LogP) is 0.0237. The SMILES string of the molecule is Cc1oc(CN2CCOCC2)cc1C(=O)NN. The molecular weight excluding hydrogens is 222 g/mol. The Balaban J connectivity index is 2.03. The van der Waals surface area contributed by atoms with E-state index in [1.54, 1.807) is 13.0 Å². The van der Waals surface area contributed by atoms with Crippen molar-refractivity contribution in [2.75, 3.05) is 26.3 Å². The molecule has 0 aliphatic carbocycles. The molecule has 1 saturated heterocycles. The molecule has 0 aromatic carbocycles. The van der Waals surface area contributed by atoms with Crippen LogP contribution in [0.4, 0.5) is 0 Å². The fourth-order valence-electron chi connectivity index (χ4n) is 1.90. The van der Waals surface area contributed by atoms with Gasteiger partial charge in [-0.1, -0.05) is 0 Å². The Morgan fingerprint density at radius 2 is 2.24 bits per heavy atom. The zero-order valence-corrected chi connectivity index (χ0v) is 9.86. The van der Waals surface area contributed by atoms with Crippen LogP contribution in [0.3, 0.4) is 0 Å². The van der Waals surface area contributed by atoms with E-state index >= 15 is 0 Å². The molecule has 2 heterocycles. The molecule has 6 heteroatoms. The van der Waals surface area contributed by atoms with Gasteiger partial charge in [0, 0.05) is 13.1 Å². The van der Waals surface area contributed by atoms with Gasteiger partial charge in [0.1, 0.15) is 11.5 Å². The van der Waals surface area contributed by atoms with E-state index in [0.29, 0.717) is 17.9 Å². The lowest BCUT2D eigenvalue weighted by atomic mass is 10.2. The van der Waals surface area contributed by atoms with Crippen LogP contribution in [0.5, 0.6) is 0 Å². The predicted molar refractivity (Wildman–Crippen MR) is 61.2 cm³/mol. The number of morpholine rings is 1. The molecule has 6 nitrogen and oxygen atoms in total. The molecule has 1 aromatic rings. The van der Waals surface area contributed by atoms with Gasteiger partial charge in [0.25, 0.3) is 5.91 Å². The van der Waals surface area contributed by atoms with E-state index in [9.17, 15) is 4.79 Å². The van der Waals surface area contributed by atoms with Gasteiger partial charge >= 0.3 is 0 Å². The second-order valence-electron chi connectivity index (χ2n) is 4.04. The molecule has 94 valence electrons. The third-order valence-corrected chi connectivity index (χ3v) is 2.83. The normalized spacial score (nSPS) is 17.1. The van der Waals surface area contributed by atoms with E-state index in [2.05, 4.69) is 10.3 Å². The molecule has 0 saturated carbocycles. The minimum Gasteiger partial charge on any atom is -0.464 e. The molecule has 0 bridgehead atoms. The highest BCUT2D eigenvalue weighted by Gasteiger charge is 2.17. The molecule has 1 aliphatic heterocycles. The summed E-state index contributed by atoms with van der Waals surface area (Å²) in [7, 11) is 0. The molecule has 3 N–H and O–H groups in total. The highest BCUT2D eigenvalue weighted by Crippen LogP contribution is 2.16. The number of carbonyl (C=O) groups excluding carboxylic acids is 1. The molecule has 1 aliphatic rings. The molecule has 1 fully saturated rings. The van der Waals surface area contributed by atoms with Crippen LogP contribution in [0.25, 0.3) is 0 Å². The largest absolute Gasteiger partial charge is 0.464 e. The Labute approximate surface area is 99.7 Å². The average molecular weight is 239 g/mol. The van der Waals surface area contributed by atoms with E-state index in [1.165, 1.54) is 0 Å². The van der Waals surface area contributed by atoms with E-state index in [-0.39, 0.29) is 5.91 Å². The number of hydrogen-bond donors (Lipinski definition) is 2. The summed E-state index contributed by atoms with van der Waals surface area (Å²) in [6.45, 7) is 5.72. The number of nitrogens with two attached hydrogens (primary N) is 1. The first-order valence-electron chi connectivity index (χ1n) is 5.61. The van der Waals surface area contributed by atoms with Crippen molar-refractivity contribution in [2.45, 2.75) is 13.5 Å². The van der Waals surface area contributed by atoms with Crippen molar-refractivity contribution in [3.05, 3.63) is 23.2 Å². The molecule has 0 unspecified atom stereocenters. The van der Waals surface area contributed by atoms with Crippen LogP contribution < -0.4 is 11.3 Å². The number of nitrogens with zero attached hydrogens (tertiary/aromatic N) is 1. The third kappa shape index (κ3) is 2.85. The maximum Gasteiger partial charge on any atom is 0.268 e. The van der Waals surface area contributed by atoms with Crippen molar-refractivity contribution < 1.29 is 13.9 Å². The van der Waals surface area contributed by atoms with Crippen LogP contribution in [0.15, 0.2) is 10.5 Å². The zero-order chi connectivity index (χ0) is 12.3. The maximum atomic E-state index is 11.4. The van der Waals surface area contributed by atoms with Gasteiger partial charge in [0.15, 0.2) is 0 Å². The molecule has 1 amide bonds. The molecule has 0 atom stereocenters. The van der Waals surface area contributed by atoms with Crippen LogP contribution in [0.2, 0.25) is 0 Å². The van der Waals surface area contributed by atoms with Crippen molar-refractivity contribution in [2.24, 2.45) is 5.84 Å². The maximum absolute atomic E-state index is 11.4. The first-order valence-corrected chi connectivity index (χ1v) is 5.61. The third-order valence-electron chi connectivity index (χ3n) is 2.83. The highest BCUT2D eigenvalue weighted by atomic mass is 16.5. The second kappa shape index (κ2) is 5.31. The summed E-state index contributed by atoms with van der Waals surface area (Å²) in [6.07, 6.45) is 0. The number of hydrazine groups is 1. The Morgan fingerprint density at radius 3 is 2.88 bits per heavy atom. The first-order chi connectivity index (χ1) is 8.20. The summed E-state index contributed by atoms with van der Waals surface area (Å²) < 4.78 is 10.8. The number of amides is 1. The average Bonchev–Trinajstić information content (AvgIpc) is 2.70. The first kappa shape index (κ1) is 12.1. The quantitative estimate of drug-likeness (QED) is 0.441. The number of nitrogens with one attached hydrogen (secondary N) is 1. The van der Waals surface area contributed by atoms with Crippen molar-refractivity contribution in [1.29, 1.82) is 0 Å². The van der Waals surface area contributed by atoms with Gasteiger partial charge in [-0.2, -0.15) is 0 Å².